The molecule has 7 heteroatoms. The molecule has 7 nitrogen and oxygen atoms in total. The smallest absolute Gasteiger partial charge is 0.416 e. The Morgan fingerprint density at radius 3 is 2.14 bits per heavy atom. The fourth-order valence-corrected chi connectivity index (χ4v) is 1.93. The van der Waals surface area contributed by atoms with E-state index in [2.05, 4.69) is 9.97 Å². The lowest BCUT2D eigenvalue weighted by Gasteiger charge is -2.22. The molecular formula is C14H21N3O4. The predicted molar refractivity (Wildman–Crippen MR) is 77.7 cm³/mol. The van der Waals surface area contributed by atoms with Crippen LogP contribution in [0.5, 0.6) is 0 Å². The Bertz CT molecular complexity index is 520. The van der Waals surface area contributed by atoms with Gasteiger partial charge in [0.25, 0.3) is 0 Å². The van der Waals surface area contributed by atoms with Crippen LogP contribution in [0.4, 0.5) is 10.7 Å². The van der Waals surface area contributed by atoms with Gasteiger partial charge in [-0.05, 0) is 26.7 Å². The number of aromatic nitrogens is 2. The second-order valence-electron chi connectivity index (χ2n) is 5.08. The zero-order valence-electron chi connectivity index (χ0n) is 13.0. The fourth-order valence-electron chi connectivity index (χ4n) is 1.93. The molecule has 116 valence electrons. The first-order valence-electron chi connectivity index (χ1n) is 6.80. The van der Waals surface area contributed by atoms with Crippen LogP contribution in [0.15, 0.2) is 0 Å². The van der Waals surface area contributed by atoms with E-state index in [-0.39, 0.29) is 24.0 Å². The first-order valence-corrected chi connectivity index (χ1v) is 6.80. The van der Waals surface area contributed by atoms with Crippen molar-refractivity contribution >= 4 is 18.0 Å². The Morgan fingerprint density at radius 1 is 1.24 bits per heavy atom. The lowest BCUT2D eigenvalue weighted by atomic mass is 10.2. The fraction of sp³-hybridized carbons (Fsp3) is 0.571. The van der Waals surface area contributed by atoms with Crippen LogP contribution < -0.4 is 4.90 Å². The van der Waals surface area contributed by atoms with Crippen molar-refractivity contribution < 1.29 is 19.4 Å². The van der Waals surface area contributed by atoms with Gasteiger partial charge in [0, 0.05) is 6.54 Å². The molecule has 1 aromatic heterocycles. The average molecular weight is 295 g/mol. The minimum absolute atomic E-state index is 0.0621. The molecule has 0 aliphatic heterocycles. The Balaban J connectivity index is 3.25. The van der Waals surface area contributed by atoms with Gasteiger partial charge >= 0.3 is 12.1 Å². The molecule has 0 radical (unpaired) electrons. The van der Waals surface area contributed by atoms with Crippen LogP contribution >= 0.6 is 0 Å². The molecule has 0 fully saturated rings. The molecule has 1 amide bonds. The maximum Gasteiger partial charge on any atom is 0.416 e. The number of carbonyl (C=O) groups excluding carboxylic acids is 1. The van der Waals surface area contributed by atoms with E-state index in [1.54, 1.807) is 20.8 Å². The standard InChI is InChI=1S/C14H21N3O4/c1-6-21-14(20)17(7-8(2)3)13-15-9(4)11(12(18)19)10(5)16-13/h8H,6-7H2,1-5H3,(H,18,19). The molecule has 0 aliphatic carbocycles. The van der Waals surface area contributed by atoms with Gasteiger partial charge in [0.2, 0.25) is 5.95 Å². The highest BCUT2D eigenvalue weighted by atomic mass is 16.6. The summed E-state index contributed by atoms with van der Waals surface area (Å²) in [5.74, 6) is -0.719. The molecule has 0 atom stereocenters. The summed E-state index contributed by atoms with van der Waals surface area (Å²) in [4.78, 5) is 32.8. The summed E-state index contributed by atoms with van der Waals surface area (Å²) in [5, 5.41) is 9.13. The Kier molecular flexibility index (Phi) is 5.63. The van der Waals surface area contributed by atoms with Crippen molar-refractivity contribution in [1.29, 1.82) is 0 Å². The number of carboxylic acids is 1. The molecule has 1 aromatic rings. The van der Waals surface area contributed by atoms with Crippen molar-refractivity contribution in [2.45, 2.75) is 34.6 Å². The second-order valence-corrected chi connectivity index (χ2v) is 5.08. The van der Waals surface area contributed by atoms with Gasteiger partial charge in [-0.25, -0.2) is 24.5 Å². The SMILES string of the molecule is CCOC(=O)N(CC(C)C)c1nc(C)c(C(=O)O)c(C)n1. The number of ether oxygens (including phenoxy) is 1. The molecule has 1 heterocycles. The zero-order chi connectivity index (χ0) is 16.2. The van der Waals surface area contributed by atoms with Crippen molar-refractivity contribution in [3.8, 4) is 0 Å². The van der Waals surface area contributed by atoms with Gasteiger partial charge in [0.15, 0.2) is 0 Å². The molecule has 0 saturated heterocycles. The monoisotopic (exact) mass is 295 g/mol. The number of amides is 1. The topological polar surface area (TPSA) is 92.6 Å². The molecule has 0 aliphatic rings. The number of nitrogens with zero attached hydrogens (tertiary/aromatic N) is 3. The molecule has 0 saturated carbocycles. The minimum atomic E-state index is -1.08. The maximum absolute atomic E-state index is 12.0. The van der Waals surface area contributed by atoms with Gasteiger partial charge in [-0.15, -0.1) is 0 Å². The summed E-state index contributed by atoms with van der Waals surface area (Å²) >= 11 is 0. The van der Waals surface area contributed by atoms with Gasteiger partial charge in [0.1, 0.15) is 5.56 Å². The molecule has 0 spiro atoms. The number of anilines is 1. The quantitative estimate of drug-likeness (QED) is 0.896. The number of aryl methyl sites for hydroxylation is 2. The molecule has 21 heavy (non-hydrogen) atoms. The van der Waals surface area contributed by atoms with E-state index >= 15 is 0 Å². The van der Waals surface area contributed by atoms with Crippen LogP contribution in [-0.4, -0.2) is 40.3 Å². The zero-order valence-corrected chi connectivity index (χ0v) is 13.0. The van der Waals surface area contributed by atoms with E-state index in [4.69, 9.17) is 9.84 Å². The lowest BCUT2D eigenvalue weighted by molar-refractivity contribution is 0.0694. The molecule has 0 bridgehead atoms. The summed E-state index contributed by atoms with van der Waals surface area (Å²) in [6.45, 7) is 9.44. The van der Waals surface area contributed by atoms with Crippen LogP contribution in [0.25, 0.3) is 0 Å². The van der Waals surface area contributed by atoms with Crippen LogP contribution in [0.1, 0.15) is 42.5 Å². The number of aromatic carboxylic acids is 1. The first kappa shape index (κ1) is 16.9. The lowest BCUT2D eigenvalue weighted by Crippen LogP contribution is -2.36. The van der Waals surface area contributed by atoms with E-state index in [0.29, 0.717) is 17.9 Å². The number of carbonyl (C=O) groups is 2. The molecule has 0 aromatic carbocycles. The van der Waals surface area contributed by atoms with Gasteiger partial charge < -0.3 is 9.84 Å². The minimum Gasteiger partial charge on any atom is -0.478 e. The summed E-state index contributed by atoms with van der Waals surface area (Å²) in [6.07, 6.45) is -0.534. The maximum atomic E-state index is 12.0. The van der Waals surface area contributed by atoms with E-state index in [1.165, 1.54) is 4.90 Å². The van der Waals surface area contributed by atoms with Gasteiger partial charge in [-0.3, -0.25) is 0 Å². The summed E-state index contributed by atoms with van der Waals surface area (Å²) in [6, 6.07) is 0. The van der Waals surface area contributed by atoms with Gasteiger partial charge in [0.05, 0.1) is 18.0 Å². The first-order chi connectivity index (χ1) is 9.77. The molecule has 1 N–H and O–H groups in total. The Labute approximate surface area is 124 Å². The highest BCUT2D eigenvalue weighted by Crippen LogP contribution is 2.17. The summed E-state index contributed by atoms with van der Waals surface area (Å²) < 4.78 is 5.01. The molecule has 0 unspecified atom stereocenters. The van der Waals surface area contributed by atoms with Crippen molar-refractivity contribution in [3.05, 3.63) is 17.0 Å². The van der Waals surface area contributed by atoms with Crippen LogP contribution in [0.2, 0.25) is 0 Å². The number of rotatable bonds is 5. The van der Waals surface area contributed by atoms with Crippen molar-refractivity contribution in [3.63, 3.8) is 0 Å². The van der Waals surface area contributed by atoms with Crippen LogP contribution in [0, 0.1) is 19.8 Å². The second kappa shape index (κ2) is 7.01. The Morgan fingerprint density at radius 2 is 1.76 bits per heavy atom. The normalized spacial score (nSPS) is 10.6. The van der Waals surface area contributed by atoms with E-state index in [9.17, 15) is 9.59 Å². The predicted octanol–water partition coefficient (Wildman–Crippen LogP) is 2.41. The van der Waals surface area contributed by atoms with Crippen molar-refractivity contribution in [1.82, 2.24) is 9.97 Å². The third-order valence-electron chi connectivity index (χ3n) is 2.75. The van der Waals surface area contributed by atoms with Gasteiger partial charge in [-0.1, -0.05) is 13.8 Å². The van der Waals surface area contributed by atoms with Crippen LogP contribution in [-0.2, 0) is 4.74 Å². The van der Waals surface area contributed by atoms with E-state index in [0.717, 1.165) is 0 Å². The van der Waals surface area contributed by atoms with Crippen molar-refractivity contribution in [2.24, 2.45) is 5.92 Å². The molecule has 1 rings (SSSR count). The van der Waals surface area contributed by atoms with E-state index < -0.39 is 12.1 Å². The highest BCUT2D eigenvalue weighted by molar-refractivity contribution is 5.91. The Hall–Kier alpha value is -2.18. The summed E-state index contributed by atoms with van der Waals surface area (Å²) in [7, 11) is 0. The van der Waals surface area contributed by atoms with E-state index in [1.807, 2.05) is 13.8 Å². The highest BCUT2D eigenvalue weighted by Gasteiger charge is 2.24. The average Bonchev–Trinajstić information content (AvgIpc) is 2.34. The number of hydrogen-bond acceptors (Lipinski definition) is 5. The van der Waals surface area contributed by atoms with Gasteiger partial charge in [-0.2, -0.15) is 0 Å². The number of carboxylic acid groups (broad SMARTS) is 1. The van der Waals surface area contributed by atoms with Crippen LogP contribution in [0.3, 0.4) is 0 Å². The van der Waals surface area contributed by atoms with Crippen molar-refractivity contribution in [2.75, 3.05) is 18.1 Å². The molecular weight excluding hydrogens is 274 g/mol. The largest absolute Gasteiger partial charge is 0.478 e. The third kappa shape index (κ3) is 4.14. The summed E-state index contributed by atoms with van der Waals surface area (Å²) in [5.41, 5.74) is 0.707. The number of hydrogen-bond donors (Lipinski definition) is 1. The third-order valence-corrected chi connectivity index (χ3v) is 2.75.